The number of ether oxygens (including phenoxy) is 1. The van der Waals surface area contributed by atoms with Gasteiger partial charge in [-0.05, 0) is 36.1 Å². The molecule has 1 atom stereocenters. The van der Waals surface area contributed by atoms with Crippen molar-refractivity contribution in [1.82, 2.24) is 0 Å². The SMILES string of the molecule is Cc1cccc2c1NCC(c1cc3ccccc3s1)O2. The van der Waals surface area contributed by atoms with Gasteiger partial charge in [0, 0.05) is 9.58 Å². The van der Waals surface area contributed by atoms with Gasteiger partial charge >= 0.3 is 0 Å². The van der Waals surface area contributed by atoms with Crippen LogP contribution in [0.25, 0.3) is 10.1 Å². The number of para-hydroxylation sites is 1. The number of nitrogens with one attached hydrogen (secondary N) is 1. The van der Waals surface area contributed by atoms with Crippen LogP contribution in [-0.2, 0) is 0 Å². The Morgan fingerprint density at radius 2 is 2.05 bits per heavy atom. The molecule has 0 radical (unpaired) electrons. The number of aryl methyl sites for hydroxylation is 1. The molecule has 0 amide bonds. The molecule has 4 rings (SSSR count). The lowest BCUT2D eigenvalue weighted by Gasteiger charge is -2.27. The van der Waals surface area contributed by atoms with Crippen molar-refractivity contribution in [2.24, 2.45) is 0 Å². The van der Waals surface area contributed by atoms with Gasteiger partial charge in [-0.25, -0.2) is 0 Å². The van der Waals surface area contributed by atoms with Crippen LogP contribution in [0, 0.1) is 6.92 Å². The Kier molecular flexibility index (Phi) is 2.67. The molecule has 20 heavy (non-hydrogen) atoms. The third kappa shape index (κ3) is 1.86. The summed E-state index contributed by atoms with van der Waals surface area (Å²) in [6.07, 6.45) is 0.0988. The summed E-state index contributed by atoms with van der Waals surface area (Å²) >= 11 is 1.82. The Morgan fingerprint density at radius 3 is 2.95 bits per heavy atom. The molecule has 1 aromatic heterocycles. The van der Waals surface area contributed by atoms with E-state index in [-0.39, 0.29) is 6.10 Å². The van der Waals surface area contributed by atoms with E-state index in [9.17, 15) is 0 Å². The van der Waals surface area contributed by atoms with Crippen LogP contribution in [0.2, 0.25) is 0 Å². The maximum Gasteiger partial charge on any atom is 0.150 e. The summed E-state index contributed by atoms with van der Waals surface area (Å²) in [7, 11) is 0. The molecule has 2 aromatic carbocycles. The van der Waals surface area contributed by atoms with Crippen molar-refractivity contribution in [2.75, 3.05) is 11.9 Å². The molecule has 3 aromatic rings. The lowest BCUT2D eigenvalue weighted by Crippen LogP contribution is -2.23. The van der Waals surface area contributed by atoms with Gasteiger partial charge < -0.3 is 10.1 Å². The van der Waals surface area contributed by atoms with Crippen LogP contribution in [0.15, 0.2) is 48.5 Å². The molecule has 0 aliphatic carbocycles. The van der Waals surface area contributed by atoms with Crippen LogP contribution >= 0.6 is 11.3 Å². The number of rotatable bonds is 1. The number of anilines is 1. The molecule has 2 nitrogen and oxygen atoms in total. The Morgan fingerprint density at radius 1 is 1.15 bits per heavy atom. The predicted octanol–water partition coefficient (Wildman–Crippen LogP) is 4.76. The van der Waals surface area contributed by atoms with Gasteiger partial charge in [0.05, 0.1) is 12.2 Å². The molecule has 0 bridgehead atoms. The highest BCUT2D eigenvalue weighted by Gasteiger charge is 2.23. The average molecular weight is 281 g/mol. The van der Waals surface area contributed by atoms with Crippen molar-refractivity contribution in [3.8, 4) is 5.75 Å². The third-order valence-electron chi connectivity index (χ3n) is 3.73. The van der Waals surface area contributed by atoms with Crippen molar-refractivity contribution < 1.29 is 4.74 Å². The zero-order valence-corrected chi connectivity index (χ0v) is 12.0. The van der Waals surface area contributed by atoms with Crippen LogP contribution in [0.1, 0.15) is 16.5 Å². The first-order valence-corrected chi connectivity index (χ1v) is 7.61. The molecular formula is C17H15NOS. The zero-order chi connectivity index (χ0) is 13.5. The van der Waals surface area contributed by atoms with Gasteiger partial charge in [0.15, 0.2) is 6.10 Å². The van der Waals surface area contributed by atoms with Crippen LogP contribution in [0.5, 0.6) is 5.75 Å². The summed E-state index contributed by atoms with van der Waals surface area (Å²) in [5.74, 6) is 0.957. The van der Waals surface area contributed by atoms with E-state index >= 15 is 0 Å². The fourth-order valence-electron chi connectivity index (χ4n) is 2.68. The van der Waals surface area contributed by atoms with Gasteiger partial charge in [0.2, 0.25) is 0 Å². The monoisotopic (exact) mass is 281 g/mol. The standard InChI is InChI=1S/C17H15NOS/c1-11-5-4-7-13-17(11)18-10-14(19-13)16-9-12-6-2-3-8-15(12)20-16/h2-9,14,18H,10H2,1H3. The van der Waals surface area contributed by atoms with E-state index in [0.717, 1.165) is 18.0 Å². The molecule has 0 spiro atoms. The Hall–Kier alpha value is -2.00. The van der Waals surface area contributed by atoms with E-state index in [4.69, 9.17) is 4.74 Å². The van der Waals surface area contributed by atoms with Crippen molar-refractivity contribution in [3.63, 3.8) is 0 Å². The van der Waals surface area contributed by atoms with E-state index in [1.165, 1.54) is 20.5 Å². The topological polar surface area (TPSA) is 21.3 Å². The smallest absolute Gasteiger partial charge is 0.150 e. The molecule has 1 N–H and O–H groups in total. The summed E-state index contributed by atoms with van der Waals surface area (Å²) in [5.41, 5.74) is 2.36. The summed E-state index contributed by atoms with van der Waals surface area (Å²) in [6, 6.07) is 16.9. The van der Waals surface area contributed by atoms with E-state index < -0.39 is 0 Å². The van der Waals surface area contributed by atoms with E-state index in [1.54, 1.807) is 0 Å². The predicted molar refractivity (Wildman–Crippen MR) is 84.9 cm³/mol. The molecule has 1 aliphatic rings. The van der Waals surface area contributed by atoms with Crippen LogP contribution in [0.3, 0.4) is 0 Å². The number of hydrogen-bond donors (Lipinski definition) is 1. The molecule has 100 valence electrons. The minimum Gasteiger partial charge on any atom is -0.481 e. The van der Waals surface area contributed by atoms with Crippen molar-refractivity contribution in [2.45, 2.75) is 13.0 Å². The zero-order valence-electron chi connectivity index (χ0n) is 11.2. The van der Waals surface area contributed by atoms with Gasteiger partial charge in [-0.1, -0.05) is 30.3 Å². The maximum absolute atomic E-state index is 6.18. The van der Waals surface area contributed by atoms with Crippen LogP contribution < -0.4 is 10.1 Å². The van der Waals surface area contributed by atoms with E-state index in [1.807, 2.05) is 23.5 Å². The summed E-state index contributed by atoms with van der Waals surface area (Å²) in [6.45, 7) is 2.93. The molecular weight excluding hydrogens is 266 g/mol. The van der Waals surface area contributed by atoms with Crippen molar-refractivity contribution >= 4 is 27.1 Å². The third-order valence-corrected chi connectivity index (χ3v) is 4.94. The van der Waals surface area contributed by atoms with Crippen LogP contribution in [-0.4, -0.2) is 6.54 Å². The number of benzene rings is 2. The van der Waals surface area contributed by atoms with Gasteiger partial charge in [-0.3, -0.25) is 0 Å². The molecule has 3 heteroatoms. The van der Waals surface area contributed by atoms with Gasteiger partial charge in [-0.2, -0.15) is 0 Å². The molecule has 0 saturated heterocycles. The summed E-state index contributed by atoms with van der Waals surface area (Å²) in [5, 5.41) is 4.80. The molecule has 0 fully saturated rings. The Labute approximate surface area is 122 Å². The lowest BCUT2D eigenvalue weighted by molar-refractivity contribution is 0.214. The minimum atomic E-state index is 0.0988. The van der Waals surface area contributed by atoms with Crippen LogP contribution in [0.4, 0.5) is 5.69 Å². The minimum absolute atomic E-state index is 0.0988. The summed E-state index contributed by atoms with van der Waals surface area (Å²) < 4.78 is 7.50. The molecule has 0 saturated carbocycles. The quantitative estimate of drug-likeness (QED) is 0.694. The van der Waals surface area contributed by atoms with Crippen molar-refractivity contribution in [3.05, 3.63) is 59.0 Å². The van der Waals surface area contributed by atoms with Gasteiger partial charge in [0.25, 0.3) is 0 Å². The highest BCUT2D eigenvalue weighted by atomic mass is 32.1. The number of thiophene rings is 1. The Bertz CT molecular complexity index is 745. The normalized spacial score (nSPS) is 17.4. The molecule has 1 unspecified atom stereocenters. The highest BCUT2D eigenvalue weighted by Crippen LogP contribution is 2.39. The van der Waals surface area contributed by atoms with E-state index in [2.05, 4.69) is 48.6 Å². The Balaban J connectivity index is 1.71. The number of fused-ring (bicyclic) bond motifs is 2. The van der Waals surface area contributed by atoms with Crippen molar-refractivity contribution in [1.29, 1.82) is 0 Å². The molecule has 1 aliphatic heterocycles. The maximum atomic E-state index is 6.18. The van der Waals surface area contributed by atoms with Gasteiger partial charge in [0.1, 0.15) is 5.75 Å². The fraction of sp³-hybridized carbons (Fsp3) is 0.176. The fourth-order valence-corrected chi connectivity index (χ4v) is 3.77. The highest BCUT2D eigenvalue weighted by molar-refractivity contribution is 7.19. The average Bonchev–Trinajstić information content (AvgIpc) is 2.91. The second kappa shape index (κ2) is 4.53. The lowest BCUT2D eigenvalue weighted by atomic mass is 10.1. The first-order valence-electron chi connectivity index (χ1n) is 6.80. The second-order valence-corrected chi connectivity index (χ2v) is 6.24. The van der Waals surface area contributed by atoms with E-state index in [0.29, 0.717) is 0 Å². The molecule has 2 heterocycles. The van der Waals surface area contributed by atoms with Gasteiger partial charge in [-0.15, -0.1) is 11.3 Å². The summed E-state index contributed by atoms with van der Waals surface area (Å²) in [4.78, 5) is 1.28. The largest absolute Gasteiger partial charge is 0.481 e. The second-order valence-electron chi connectivity index (χ2n) is 5.12. The number of hydrogen-bond acceptors (Lipinski definition) is 3. The first-order chi connectivity index (χ1) is 9.81. The first kappa shape index (κ1) is 11.8.